The monoisotopic (exact) mass is 2020 g/mol. The summed E-state index contributed by atoms with van der Waals surface area (Å²) in [5, 5.41) is 31.4. The first-order valence-electron chi connectivity index (χ1n) is 41.4. The predicted octanol–water partition coefficient (Wildman–Crippen LogP) is -3.51. The highest BCUT2D eigenvalue weighted by Crippen LogP contribution is 2.56. The van der Waals surface area contributed by atoms with Crippen LogP contribution in [-0.4, -0.2) is 249 Å². The van der Waals surface area contributed by atoms with Crippen LogP contribution in [0.15, 0.2) is 78.9 Å². The van der Waals surface area contributed by atoms with Crippen molar-refractivity contribution in [3.05, 3.63) is 163 Å². The molecule has 63 heteroatoms. The molecule has 10 heterocycles. The number of carbonyl (C=O) groups excluding carboxylic acids is 5. The van der Waals surface area contributed by atoms with Gasteiger partial charge < -0.3 is 84.4 Å². The van der Waals surface area contributed by atoms with Crippen molar-refractivity contribution in [2.24, 2.45) is 11.8 Å². The van der Waals surface area contributed by atoms with Gasteiger partial charge in [-0.2, -0.15) is 0 Å². The van der Waals surface area contributed by atoms with Crippen LogP contribution in [0.2, 0.25) is 0 Å². The third kappa shape index (κ3) is 28.9. The van der Waals surface area contributed by atoms with Crippen LogP contribution in [0, 0.1) is 46.5 Å². The fourth-order valence-electron chi connectivity index (χ4n) is 14.4. The molecule has 0 spiro atoms. The Kier molecular flexibility index (Phi) is 35.5. The van der Waals surface area contributed by atoms with E-state index in [1.165, 1.54) is 55.4 Å². The minimum Gasteiger partial charge on any atom is -0.480 e. The lowest BCUT2D eigenvalue weighted by atomic mass is 10.0. The van der Waals surface area contributed by atoms with Crippen LogP contribution in [0.3, 0.4) is 0 Å². The molecule has 10 rings (SSSR count). The van der Waals surface area contributed by atoms with Gasteiger partial charge >= 0.3 is 79.4 Å². The number of nitrogens with zero attached hydrogens (tertiary/aromatic N) is 5. The maximum atomic E-state index is 14.5. The summed E-state index contributed by atoms with van der Waals surface area (Å²) in [6.07, 6.45) is -26.2. The number of aryl methyl sites for hydroxylation is 5. The molecule has 17 N–H and O–H groups in total. The Morgan fingerprint density at radius 2 is 0.719 bits per heavy atom. The molecule has 0 aromatic carbocycles. The Balaban J connectivity index is 0.857. The van der Waals surface area contributed by atoms with Gasteiger partial charge in [0.1, 0.15) is 104 Å². The van der Waals surface area contributed by atoms with Gasteiger partial charge in [0.2, 0.25) is 23.6 Å². The smallest absolute Gasteiger partial charge is 0.472 e. The van der Waals surface area contributed by atoms with E-state index in [0.29, 0.717) is 0 Å². The number of amides is 4. The van der Waals surface area contributed by atoms with E-state index < -0.39 is 337 Å². The van der Waals surface area contributed by atoms with Crippen molar-refractivity contribution in [3.63, 3.8) is 0 Å². The molecule has 750 valence electrons. The summed E-state index contributed by atoms with van der Waals surface area (Å²) in [4.78, 5) is 273. The number of aliphatic hydroxyl groups excluding tert-OH is 1. The van der Waals surface area contributed by atoms with Gasteiger partial charge in [-0.25, -0.2) is 61.5 Å². The third-order valence-electron chi connectivity index (χ3n) is 21.4. The number of carbonyl (C=O) groups is 6. The van der Waals surface area contributed by atoms with Crippen molar-refractivity contribution in [3.8, 4) is 0 Å². The zero-order valence-corrected chi connectivity index (χ0v) is 78.3. The first kappa shape index (κ1) is 108. The minimum atomic E-state index is -5.78. The Hall–Kier alpha value is -9.47. The summed E-state index contributed by atoms with van der Waals surface area (Å²) in [5.74, 6) is -7.25. The van der Waals surface area contributed by atoms with Crippen LogP contribution in [0.25, 0.3) is 0 Å². The Bertz CT molecular complexity index is 6140. The SMILES string of the molecule is CC(=O)NCC(=O)N[C@H](C(=O)O[C@H]1C[C@H](n2cc(C)c(=O)[nH]c2=O)O[C@@H]1COP(=O)(O)O[C@H]1C[C@H](n2cc(C)c(=O)[nH]c2=O)O[C@@H]1COP(=O)(O)O[C@H]1C[C@H](n2cc(C)c(=O)[nH]c2=O)O[C@@H]1COP(=O)(O)O[C@H]1C[C@H](n2cc(C)c(=O)[nH]c2=O)O[C@@H]1COP(=O)(O)O[C@H]1C[C@H](n2cc(C)c(=O)[nH]c2=O)O[C@@H]1COP(=O)(O)N[C@@H](CC(C)C)C(=O)N[C@@H](C)C(=O)N[C@H](C(=O)O)C(C)C)[C@@H](C)O. The average molecular weight is 2020 g/mol. The zero-order valence-electron chi connectivity index (χ0n) is 73.9. The summed E-state index contributed by atoms with van der Waals surface area (Å²) in [6.45, 7) is 9.55. The molecule has 5 saturated heterocycles. The number of ether oxygens (including phenoxy) is 6. The van der Waals surface area contributed by atoms with Crippen molar-refractivity contribution in [2.75, 3.05) is 39.6 Å². The molecule has 5 aliphatic heterocycles. The highest BCUT2D eigenvalue weighted by Gasteiger charge is 2.52. The predicted molar refractivity (Wildman–Crippen MR) is 452 cm³/mol. The lowest BCUT2D eigenvalue weighted by Gasteiger charge is -2.27. The number of aliphatic hydroxyl groups is 1. The molecular formula is C72H104N15O43P5. The summed E-state index contributed by atoms with van der Waals surface area (Å²) < 4.78 is 161. The van der Waals surface area contributed by atoms with Gasteiger partial charge in [-0.05, 0) is 66.7 Å². The Morgan fingerprint density at radius 1 is 0.430 bits per heavy atom. The van der Waals surface area contributed by atoms with E-state index in [-0.39, 0.29) is 34.2 Å². The zero-order chi connectivity index (χ0) is 99.9. The lowest BCUT2D eigenvalue weighted by Crippen LogP contribution is -2.54. The van der Waals surface area contributed by atoms with Crippen LogP contribution in [0.4, 0.5) is 0 Å². The number of phosphoric ester groups is 4. The standard InChI is InChI=1S/C72H104N15O43P5/c1-30(2)13-40(65(97)74-37(10)64(96)76-57(31(3)4)66(98)99)82-131(106,107)116-25-47-42(15-53(122-47)84-21-33(6)60(92)78-69(84)102)127-133(110,111)118-27-49-44(17-55(124-49)86-23-35(8)62(94)80-71(86)104)129-135(114,115)120-29-50-45(18-56(125-50)87-24-36(9)63(95)81-72(87)105)130-134(112,113)119-28-48-43(16-54(123-48)85-22-34(7)61(93)79-70(85)103)128-132(108,109)117-26-46-41(14-52(121-46)83-20-32(5)59(91)77-68(83)101)126-67(100)58(38(11)88)75-51(90)19-73-39(12)89/h20-24,30-31,37-38,40-50,52-58,88H,13-19,25-29H2,1-12H3,(H,73,89)(H,74,97)(H,75,90)(H,76,96)(H,98,99)(H,108,109)(H,110,111)(H,112,113)(H,114,115)(H,77,91,101)(H,78,92,102)(H,79,93,103)(H,80,94,104)(H,81,95,105)(H2,82,106,107)/t37-,38+,40-,41-,42-,43-,44-,45-,46+,47+,48+,49+,50+,52+,53+,54+,55+,56+,57-,58-/m0/s1. The fraction of sp³-hybridized carbons (Fsp3) is 0.639. The van der Waals surface area contributed by atoms with Crippen molar-refractivity contribution in [2.45, 2.75) is 244 Å². The summed E-state index contributed by atoms with van der Waals surface area (Å²) in [5.41, 5.74) is -10.1. The average Bonchev–Trinajstić information content (AvgIpc) is 1.66. The molecule has 4 amide bonds. The molecule has 5 aromatic heterocycles. The number of hydrogen-bond donors (Lipinski definition) is 17. The van der Waals surface area contributed by atoms with Gasteiger partial charge in [0.25, 0.3) is 27.8 Å². The molecular weight excluding hydrogens is 1920 g/mol. The van der Waals surface area contributed by atoms with E-state index in [1.54, 1.807) is 13.8 Å². The lowest BCUT2D eigenvalue weighted by molar-refractivity contribution is -0.159. The van der Waals surface area contributed by atoms with Crippen LogP contribution >= 0.6 is 39.0 Å². The molecule has 0 radical (unpaired) electrons. The number of carboxylic acids is 1. The summed E-state index contributed by atoms with van der Waals surface area (Å²) >= 11 is 0. The summed E-state index contributed by atoms with van der Waals surface area (Å²) in [6, 6.07) is -6.23. The number of H-pyrrole nitrogens is 5. The number of aliphatic carboxylic acids is 1. The topological polar surface area (TPSA) is 802 Å². The molecule has 0 bridgehead atoms. The molecule has 58 nitrogen and oxygen atoms in total. The van der Waals surface area contributed by atoms with Crippen LogP contribution in [0.5, 0.6) is 0 Å². The summed E-state index contributed by atoms with van der Waals surface area (Å²) in [7, 11) is -28.2. The molecule has 5 fully saturated rings. The number of aromatic amines is 5. The largest absolute Gasteiger partial charge is 0.480 e. The number of esters is 1. The van der Waals surface area contributed by atoms with Crippen LogP contribution in [-0.2, 0) is 121 Å². The van der Waals surface area contributed by atoms with Gasteiger partial charge in [0, 0.05) is 97.8 Å². The van der Waals surface area contributed by atoms with E-state index in [4.69, 9.17) is 69.1 Å². The van der Waals surface area contributed by atoms with E-state index in [0.717, 1.165) is 67.7 Å². The number of rotatable bonds is 44. The van der Waals surface area contributed by atoms with E-state index in [9.17, 15) is 134 Å². The Morgan fingerprint density at radius 3 is 0.993 bits per heavy atom. The molecule has 5 aromatic rings. The van der Waals surface area contributed by atoms with Gasteiger partial charge in [0.05, 0.1) is 51.7 Å². The molecule has 5 unspecified atom stereocenters. The van der Waals surface area contributed by atoms with E-state index in [2.05, 4.69) is 36.3 Å². The maximum absolute atomic E-state index is 14.5. The number of phosphoric acid groups is 4. The number of aromatic nitrogens is 10. The fourth-order valence-corrected chi connectivity index (χ4v) is 19.3. The molecule has 5 aliphatic rings. The van der Waals surface area contributed by atoms with Gasteiger partial charge in [-0.1, -0.05) is 27.7 Å². The van der Waals surface area contributed by atoms with E-state index >= 15 is 0 Å². The second-order valence-electron chi connectivity index (χ2n) is 32.9. The van der Waals surface area contributed by atoms with Crippen LogP contribution in [0.1, 0.15) is 146 Å². The van der Waals surface area contributed by atoms with Gasteiger partial charge in [-0.3, -0.25) is 132 Å². The number of carboxylic acid groups (broad SMARTS) is 1. The molecule has 0 saturated carbocycles. The molecule has 135 heavy (non-hydrogen) atoms. The first-order chi connectivity index (χ1) is 62.8. The van der Waals surface area contributed by atoms with Crippen LogP contribution < -0.4 is 82.6 Å². The van der Waals surface area contributed by atoms with Gasteiger partial charge in [0.15, 0.2) is 6.04 Å². The highest BCUT2D eigenvalue weighted by molar-refractivity contribution is 7.50. The quantitative estimate of drug-likeness (QED) is 0.0133. The van der Waals surface area contributed by atoms with E-state index in [1.807, 2.05) is 15.0 Å². The normalized spacial score (nSPS) is 26.3. The first-order valence-corrected chi connectivity index (χ1v) is 48.9. The van der Waals surface area contributed by atoms with Crippen molar-refractivity contribution in [1.82, 2.24) is 74.1 Å². The van der Waals surface area contributed by atoms with Crippen molar-refractivity contribution >= 4 is 74.6 Å². The maximum Gasteiger partial charge on any atom is 0.472 e. The second kappa shape index (κ2) is 44.6. The number of nitrogens with one attached hydrogen (secondary N) is 10. The second-order valence-corrected chi connectivity index (χ2v) is 40.1. The highest BCUT2D eigenvalue weighted by atomic mass is 31.2. The molecule has 0 aliphatic carbocycles. The minimum absolute atomic E-state index is 0.0160. The Labute approximate surface area is 759 Å². The van der Waals surface area contributed by atoms with Gasteiger partial charge in [-0.15, -0.1) is 0 Å². The van der Waals surface area contributed by atoms with Crippen molar-refractivity contribution in [1.29, 1.82) is 0 Å². The molecule has 25 atom stereocenters. The number of hydrogen-bond acceptors (Lipinski definition) is 37. The third-order valence-corrected chi connectivity index (χ3v) is 26.6. The van der Waals surface area contributed by atoms with Crippen molar-refractivity contribution < 1.29 is 155 Å².